The van der Waals surface area contributed by atoms with E-state index in [1.165, 1.54) is 6.07 Å². The minimum Gasteiger partial charge on any atom is -0.384 e. The van der Waals surface area contributed by atoms with Gasteiger partial charge in [0.1, 0.15) is 0 Å². The maximum atomic E-state index is 12.4. The third-order valence-electron chi connectivity index (χ3n) is 2.72. The van der Waals surface area contributed by atoms with E-state index in [0.29, 0.717) is 18.2 Å². The van der Waals surface area contributed by atoms with Crippen LogP contribution >= 0.6 is 11.6 Å². The molecule has 0 radical (unpaired) electrons. The third-order valence-corrected chi connectivity index (χ3v) is 3.03. The summed E-state index contributed by atoms with van der Waals surface area (Å²) < 4.78 is 37.3. The molecule has 0 aliphatic carbocycles. The molecular weight excluding hydrogens is 263 g/mol. The second kappa shape index (κ2) is 6.32. The Kier molecular flexibility index (Phi) is 5.32. The minimum absolute atomic E-state index is 0.105. The lowest BCUT2D eigenvalue weighted by Gasteiger charge is -2.15. The van der Waals surface area contributed by atoms with Gasteiger partial charge in [-0.3, -0.25) is 0 Å². The molecule has 0 amide bonds. The molecule has 0 fully saturated rings. The van der Waals surface area contributed by atoms with Crippen molar-refractivity contribution in [3.8, 4) is 0 Å². The van der Waals surface area contributed by atoms with E-state index in [1.54, 1.807) is 0 Å². The predicted octanol–water partition coefficient (Wildman–Crippen LogP) is 5.21. The fraction of sp³-hybridized carbons (Fsp3) is 0.538. The molecule has 0 saturated carbocycles. The average molecular weight is 280 g/mol. The summed E-state index contributed by atoms with van der Waals surface area (Å²) >= 11 is 5.83. The summed E-state index contributed by atoms with van der Waals surface area (Å²) in [4.78, 5) is 0. The molecule has 0 spiro atoms. The van der Waals surface area contributed by atoms with Crippen molar-refractivity contribution in [3.05, 3.63) is 28.8 Å². The van der Waals surface area contributed by atoms with Crippen LogP contribution in [0.25, 0.3) is 0 Å². The van der Waals surface area contributed by atoms with E-state index in [2.05, 4.69) is 19.2 Å². The van der Waals surface area contributed by atoms with Gasteiger partial charge in [-0.2, -0.15) is 13.2 Å². The normalized spacial score (nSPS) is 13.4. The van der Waals surface area contributed by atoms with Gasteiger partial charge in [-0.05, 0) is 30.5 Å². The molecule has 1 aromatic carbocycles. The highest BCUT2D eigenvalue weighted by Crippen LogP contribution is 2.33. The highest BCUT2D eigenvalue weighted by molar-refractivity contribution is 6.33. The fourth-order valence-corrected chi connectivity index (χ4v) is 1.96. The highest BCUT2D eigenvalue weighted by atomic mass is 35.5. The van der Waals surface area contributed by atoms with Gasteiger partial charge in [0.05, 0.1) is 16.3 Å². The first-order valence-electron chi connectivity index (χ1n) is 5.95. The molecule has 1 unspecified atom stereocenters. The lowest BCUT2D eigenvalue weighted by Crippen LogP contribution is -2.12. The number of hydrogen-bond donors (Lipinski definition) is 1. The van der Waals surface area contributed by atoms with Gasteiger partial charge < -0.3 is 5.32 Å². The molecule has 18 heavy (non-hydrogen) atoms. The zero-order valence-corrected chi connectivity index (χ0v) is 11.2. The standard InChI is InChI=1S/C13H17ClF3N/c1-3-4-9(2)8-18-12-6-5-10(7-11(12)14)13(15,16)17/h5-7,9,18H,3-4,8H2,1-2H3. The van der Waals surface area contributed by atoms with E-state index < -0.39 is 11.7 Å². The highest BCUT2D eigenvalue weighted by Gasteiger charge is 2.30. The zero-order valence-electron chi connectivity index (χ0n) is 10.4. The summed E-state index contributed by atoms with van der Waals surface area (Å²) in [6.45, 7) is 4.90. The molecule has 102 valence electrons. The Balaban J connectivity index is 2.69. The number of hydrogen-bond acceptors (Lipinski definition) is 1. The predicted molar refractivity (Wildman–Crippen MR) is 69.0 cm³/mol. The van der Waals surface area contributed by atoms with E-state index in [1.807, 2.05) is 0 Å². The van der Waals surface area contributed by atoms with Crippen LogP contribution in [0.4, 0.5) is 18.9 Å². The largest absolute Gasteiger partial charge is 0.416 e. The van der Waals surface area contributed by atoms with Crippen LogP contribution in [0.3, 0.4) is 0 Å². The maximum absolute atomic E-state index is 12.4. The first kappa shape index (κ1) is 15.2. The van der Waals surface area contributed by atoms with Gasteiger partial charge in [-0.1, -0.05) is 31.9 Å². The van der Waals surface area contributed by atoms with Crippen molar-refractivity contribution in [1.29, 1.82) is 0 Å². The van der Waals surface area contributed by atoms with Crippen molar-refractivity contribution >= 4 is 17.3 Å². The van der Waals surface area contributed by atoms with E-state index in [9.17, 15) is 13.2 Å². The number of benzene rings is 1. The number of anilines is 1. The Bertz CT molecular complexity index is 390. The number of halogens is 4. The van der Waals surface area contributed by atoms with Gasteiger partial charge in [0, 0.05) is 6.54 Å². The smallest absolute Gasteiger partial charge is 0.384 e. The number of alkyl halides is 3. The van der Waals surface area contributed by atoms with Gasteiger partial charge in [-0.15, -0.1) is 0 Å². The van der Waals surface area contributed by atoms with Crippen molar-refractivity contribution in [2.45, 2.75) is 32.9 Å². The molecule has 0 aliphatic heterocycles. The zero-order chi connectivity index (χ0) is 13.8. The average Bonchev–Trinajstić information content (AvgIpc) is 2.26. The number of rotatable bonds is 5. The van der Waals surface area contributed by atoms with Crippen molar-refractivity contribution in [2.24, 2.45) is 5.92 Å². The second-order valence-electron chi connectivity index (χ2n) is 4.47. The molecular formula is C13H17ClF3N. The molecule has 0 saturated heterocycles. The van der Waals surface area contributed by atoms with E-state index in [0.717, 1.165) is 25.0 Å². The molecule has 1 rings (SSSR count). The molecule has 0 heterocycles. The van der Waals surface area contributed by atoms with Gasteiger partial charge >= 0.3 is 6.18 Å². The maximum Gasteiger partial charge on any atom is 0.416 e. The molecule has 5 heteroatoms. The van der Waals surface area contributed by atoms with Crippen LogP contribution in [0, 0.1) is 5.92 Å². The Morgan fingerprint density at radius 3 is 2.50 bits per heavy atom. The quantitative estimate of drug-likeness (QED) is 0.780. The second-order valence-corrected chi connectivity index (χ2v) is 4.87. The molecule has 1 atom stereocenters. The SMILES string of the molecule is CCCC(C)CNc1ccc(C(F)(F)F)cc1Cl. The van der Waals surface area contributed by atoms with E-state index >= 15 is 0 Å². The summed E-state index contributed by atoms with van der Waals surface area (Å²) in [6.07, 6.45) is -2.19. The van der Waals surface area contributed by atoms with Crippen LogP contribution < -0.4 is 5.32 Å². The van der Waals surface area contributed by atoms with Crippen molar-refractivity contribution in [2.75, 3.05) is 11.9 Å². The molecule has 1 aromatic rings. The van der Waals surface area contributed by atoms with Crippen LogP contribution in [-0.2, 0) is 6.18 Å². The van der Waals surface area contributed by atoms with Crippen LogP contribution in [0.5, 0.6) is 0 Å². The lowest BCUT2D eigenvalue weighted by atomic mass is 10.1. The first-order valence-corrected chi connectivity index (χ1v) is 6.33. The fourth-order valence-electron chi connectivity index (χ4n) is 1.71. The van der Waals surface area contributed by atoms with Crippen LogP contribution in [-0.4, -0.2) is 6.54 Å². The summed E-state index contributed by atoms with van der Waals surface area (Å²) in [7, 11) is 0. The van der Waals surface area contributed by atoms with Crippen LogP contribution in [0.15, 0.2) is 18.2 Å². The Labute approximate surface area is 110 Å². The number of nitrogens with one attached hydrogen (secondary N) is 1. The van der Waals surface area contributed by atoms with Crippen LogP contribution in [0.2, 0.25) is 5.02 Å². The Hall–Kier alpha value is -0.900. The lowest BCUT2D eigenvalue weighted by molar-refractivity contribution is -0.137. The van der Waals surface area contributed by atoms with E-state index in [-0.39, 0.29) is 5.02 Å². The summed E-state index contributed by atoms with van der Waals surface area (Å²) in [5, 5.41) is 3.18. The summed E-state index contributed by atoms with van der Waals surface area (Å²) in [6, 6.07) is 3.37. The molecule has 1 nitrogen and oxygen atoms in total. The summed E-state index contributed by atoms with van der Waals surface area (Å²) in [5.41, 5.74) is -0.174. The first-order chi connectivity index (χ1) is 8.34. The monoisotopic (exact) mass is 279 g/mol. The molecule has 0 aromatic heterocycles. The van der Waals surface area contributed by atoms with E-state index in [4.69, 9.17) is 11.6 Å². The van der Waals surface area contributed by atoms with Crippen molar-refractivity contribution < 1.29 is 13.2 Å². The topological polar surface area (TPSA) is 12.0 Å². The van der Waals surface area contributed by atoms with Crippen LogP contribution in [0.1, 0.15) is 32.3 Å². The van der Waals surface area contributed by atoms with Gasteiger partial charge in [0.15, 0.2) is 0 Å². The van der Waals surface area contributed by atoms with Crippen molar-refractivity contribution in [1.82, 2.24) is 0 Å². The van der Waals surface area contributed by atoms with Gasteiger partial charge in [0.25, 0.3) is 0 Å². The summed E-state index contributed by atoms with van der Waals surface area (Å²) in [5.74, 6) is 0.466. The third kappa shape index (κ3) is 4.41. The minimum atomic E-state index is -4.35. The molecule has 0 aliphatic rings. The Morgan fingerprint density at radius 2 is 2.00 bits per heavy atom. The molecule has 0 bridgehead atoms. The Morgan fingerprint density at radius 1 is 1.33 bits per heavy atom. The van der Waals surface area contributed by atoms with Gasteiger partial charge in [0.2, 0.25) is 0 Å². The van der Waals surface area contributed by atoms with Gasteiger partial charge in [-0.25, -0.2) is 0 Å². The molecule has 1 N–H and O–H groups in total. The van der Waals surface area contributed by atoms with Crippen molar-refractivity contribution in [3.63, 3.8) is 0 Å².